The second-order valence-corrected chi connectivity index (χ2v) is 6.60. The van der Waals surface area contributed by atoms with E-state index >= 15 is 0 Å². The number of anilines is 2. The molecular formula is C19H20N4O3. The Kier molecular flexibility index (Phi) is 3.99. The van der Waals surface area contributed by atoms with Crippen molar-refractivity contribution in [1.82, 2.24) is 10.3 Å². The molecule has 1 fully saturated rings. The molecule has 2 amide bonds. The van der Waals surface area contributed by atoms with Gasteiger partial charge in [-0.1, -0.05) is 6.07 Å². The summed E-state index contributed by atoms with van der Waals surface area (Å²) < 4.78 is 5.47. The highest BCUT2D eigenvalue weighted by Crippen LogP contribution is 2.39. The van der Waals surface area contributed by atoms with E-state index in [2.05, 4.69) is 15.6 Å². The van der Waals surface area contributed by atoms with Gasteiger partial charge in [-0.25, -0.2) is 4.79 Å². The van der Waals surface area contributed by atoms with Crippen LogP contribution in [-0.4, -0.2) is 42.2 Å². The van der Waals surface area contributed by atoms with E-state index < -0.39 is 0 Å². The third-order valence-electron chi connectivity index (χ3n) is 4.75. The van der Waals surface area contributed by atoms with Gasteiger partial charge in [0.2, 0.25) is 5.91 Å². The van der Waals surface area contributed by atoms with Crippen molar-refractivity contribution in [1.29, 1.82) is 0 Å². The first-order valence-electron chi connectivity index (χ1n) is 8.58. The molecule has 7 nitrogen and oxygen atoms in total. The fourth-order valence-corrected chi connectivity index (χ4v) is 3.50. The van der Waals surface area contributed by atoms with Gasteiger partial charge in [0.05, 0.1) is 24.0 Å². The molecule has 0 spiro atoms. The summed E-state index contributed by atoms with van der Waals surface area (Å²) in [4.78, 5) is 29.4. The lowest BCUT2D eigenvalue weighted by molar-refractivity contribution is -0.119. The zero-order chi connectivity index (χ0) is 18.3. The number of hydrogen-bond acceptors (Lipinski definition) is 5. The molecule has 1 aromatic carbocycles. The van der Waals surface area contributed by atoms with E-state index in [1.807, 2.05) is 37.3 Å². The molecule has 134 valence electrons. The summed E-state index contributed by atoms with van der Waals surface area (Å²) in [6.45, 7) is 4.29. The van der Waals surface area contributed by atoms with Crippen molar-refractivity contribution in [2.75, 3.05) is 23.3 Å². The zero-order valence-electron chi connectivity index (χ0n) is 14.7. The molecular weight excluding hydrogens is 332 g/mol. The SMILES string of the molecule is CC(=O)NCC1OC(=O)N2c3ccc(-c4ccnc(C)c4)cc3NCC12. The van der Waals surface area contributed by atoms with Crippen LogP contribution in [0.5, 0.6) is 0 Å². The maximum absolute atomic E-state index is 12.4. The van der Waals surface area contributed by atoms with E-state index in [0.29, 0.717) is 13.1 Å². The van der Waals surface area contributed by atoms with Crippen LogP contribution >= 0.6 is 0 Å². The lowest BCUT2D eigenvalue weighted by Gasteiger charge is -2.32. The molecule has 3 heterocycles. The molecule has 2 atom stereocenters. The number of aryl methyl sites for hydroxylation is 1. The highest BCUT2D eigenvalue weighted by Gasteiger charge is 2.45. The van der Waals surface area contributed by atoms with Gasteiger partial charge in [0.25, 0.3) is 0 Å². The third-order valence-corrected chi connectivity index (χ3v) is 4.75. The number of ether oxygens (including phenoxy) is 1. The molecule has 1 saturated heterocycles. The molecule has 7 heteroatoms. The quantitative estimate of drug-likeness (QED) is 0.886. The number of carbonyl (C=O) groups excluding carboxylic acids is 2. The van der Waals surface area contributed by atoms with Crippen LogP contribution in [0.4, 0.5) is 16.2 Å². The molecule has 4 rings (SSSR count). The monoisotopic (exact) mass is 352 g/mol. The minimum Gasteiger partial charge on any atom is -0.442 e. The Morgan fingerprint density at radius 2 is 2.15 bits per heavy atom. The lowest BCUT2D eigenvalue weighted by Crippen LogP contribution is -2.48. The number of nitrogens with zero attached hydrogens (tertiary/aromatic N) is 2. The highest BCUT2D eigenvalue weighted by atomic mass is 16.6. The number of hydrogen-bond donors (Lipinski definition) is 2. The second-order valence-electron chi connectivity index (χ2n) is 6.60. The molecule has 2 N–H and O–H groups in total. The average molecular weight is 352 g/mol. The highest BCUT2D eigenvalue weighted by molar-refractivity contribution is 5.97. The van der Waals surface area contributed by atoms with Gasteiger partial charge in [-0.3, -0.25) is 14.7 Å². The maximum Gasteiger partial charge on any atom is 0.415 e. The molecule has 2 aromatic rings. The number of rotatable bonds is 3. The third kappa shape index (κ3) is 2.85. The van der Waals surface area contributed by atoms with Crippen LogP contribution in [0.2, 0.25) is 0 Å². The lowest BCUT2D eigenvalue weighted by atomic mass is 10.0. The molecule has 0 saturated carbocycles. The van der Waals surface area contributed by atoms with Crippen LogP contribution in [0.15, 0.2) is 36.5 Å². The number of amides is 2. The summed E-state index contributed by atoms with van der Waals surface area (Å²) >= 11 is 0. The second kappa shape index (κ2) is 6.33. The van der Waals surface area contributed by atoms with Gasteiger partial charge < -0.3 is 15.4 Å². The zero-order valence-corrected chi connectivity index (χ0v) is 14.7. The minimum absolute atomic E-state index is 0.138. The number of cyclic esters (lactones) is 1. The predicted molar refractivity (Wildman–Crippen MR) is 98.1 cm³/mol. The number of benzene rings is 1. The minimum atomic E-state index is -0.374. The molecule has 0 aliphatic carbocycles. The van der Waals surface area contributed by atoms with Gasteiger partial charge in [-0.05, 0) is 42.3 Å². The molecule has 1 aromatic heterocycles. The first-order valence-corrected chi connectivity index (χ1v) is 8.58. The Hall–Kier alpha value is -3.09. The summed E-state index contributed by atoms with van der Waals surface area (Å²) in [6.07, 6.45) is 1.05. The summed E-state index contributed by atoms with van der Waals surface area (Å²) in [6, 6.07) is 9.81. The molecule has 2 unspecified atom stereocenters. The smallest absolute Gasteiger partial charge is 0.415 e. The van der Waals surface area contributed by atoms with E-state index in [0.717, 1.165) is 28.2 Å². The van der Waals surface area contributed by atoms with Crippen LogP contribution < -0.4 is 15.5 Å². The molecule has 0 bridgehead atoms. The fourth-order valence-electron chi connectivity index (χ4n) is 3.50. The van der Waals surface area contributed by atoms with Gasteiger partial charge >= 0.3 is 6.09 Å². The van der Waals surface area contributed by atoms with Gasteiger partial charge in [-0.15, -0.1) is 0 Å². The number of aromatic nitrogens is 1. The summed E-state index contributed by atoms with van der Waals surface area (Å²) in [7, 11) is 0. The van der Waals surface area contributed by atoms with Gasteiger partial charge in [0, 0.05) is 25.4 Å². The van der Waals surface area contributed by atoms with Crippen LogP contribution in [0.1, 0.15) is 12.6 Å². The molecule has 0 radical (unpaired) electrons. The van der Waals surface area contributed by atoms with Gasteiger partial charge in [0.1, 0.15) is 6.10 Å². The number of pyridine rings is 1. The van der Waals surface area contributed by atoms with E-state index in [1.54, 1.807) is 11.1 Å². The van der Waals surface area contributed by atoms with Crippen LogP contribution in [0.25, 0.3) is 11.1 Å². The number of nitrogens with one attached hydrogen (secondary N) is 2. The van der Waals surface area contributed by atoms with E-state index in [-0.39, 0.29) is 24.1 Å². The van der Waals surface area contributed by atoms with E-state index in [9.17, 15) is 9.59 Å². The first-order chi connectivity index (χ1) is 12.5. The summed E-state index contributed by atoms with van der Waals surface area (Å²) in [5.74, 6) is -0.138. The van der Waals surface area contributed by atoms with Crippen molar-refractivity contribution in [3.05, 3.63) is 42.2 Å². The fraction of sp³-hybridized carbons (Fsp3) is 0.316. The Bertz CT molecular complexity index is 883. The first kappa shape index (κ1) is 16.4. The molecule has 2 aliphatic heterocycles. The number of carbonyl (C=O) groups is 2. The van der Waals surface area contributed by atoms with E-state index in [4.69, 9.17) is 4.74 Å². The van der Waals surface area contributed by atoms with E-state index in [1.165, 1.54) is 6.92 Å². The Balaban J connectivity index is 1.62. The van der Waals surface area contributed by atoms with Crippen molar-refractivity contribution in [2.45, 2.75) is 26.0 Å². The normalized spacial score (nSPS) is 20.7. The molecule has 26 heavy (non-hydrogen) atoms. The average Bonchev–Trinajstić information content (AvgIpc) is 2.96. The maximum atomic E-state index is 12.4. The van der Waals surface area contributed by atoms with Crippen LogP contribution in [0, 0.1) is 6.92 Å². The van der Waals surface area contributed by atoms with Gasteiger partial charge in [0.15, 0.2) is 0 Å². The summed E-state index contributed by atoms with van der Waals surface area (Å²) in [5, 5.41) is 6.12. The molecule has 2 aliphatic rings. The van der Waals surface area contributed by atoms with Crippen molar-refractivity contribution in [2.24, 2.45) is 0 Å². The van der Waals surface area contributed by atoms with Crippen molar-refractivity contribution in [3.63, 3.8) is 0 Å². The largest absolute Gasteiger partial charge is 0.442 e. The predicted octanol–water partition coefficient (Wildman–Crippen LogP) is 2.31. The van der Waals surface area contributed by atoms with Crippen molar-refractivity contribution >= 4 is 23.4 Å². The van der Waals surface area contributed by atoms with Gasteiger partial charge in [-0.2, -0.15) is 0 Å². The standard InChI is InChI=1S/C19H20N4O3/c1-11-7-14(5-6-20-11)13-3-4-16-15(8-13)22-9-17-18(10-21-12(2)24)26-19(25)23(16)17/h3-8,17-18,22H,9-10H2,1-2H3,(H,21,24). The Morgan fingerprint density at radius 3 is 2.92 bits per heavy atom. The van der Waals surface area contributed by atoms with Crippen molar-refractivity contribution in [3.8, 4) is 11.1 Å². The number of fused-ring (bicyclic) bond motifs is 3. The summed E-state index contributed by atoms with van der Waals surface area (Å²) in [5.41, 5.74) is 4.79. The Morgan fingerprint density at radius 1 is 1.35 bits per heavy atom. The van der Waals surface area contributed by atoms with Crippen LogP contribution in [-0.2, 0) is 9.53 Å². The van der Waals surface area contributed by atoms with Crippen LogP contribution in [0.3, 0.4) is 0 Å². The topological polar surface area (TPSA) is 83.6 Å². The Labute approximate surface area is 151 Å². The van der Waals surface area contributed by atoms with Crippen molar-refractivity contribution < 1.29 is 14.3 Å².